The van der Waals surface area contributed by atoms with E-state index in [-0.39, 0.29) is 11.6 Å². The quantitative estimate of drug-likeness (QED) is 0.430. The lowest BCUT2D eigenvalue weighted by atomic mass is 10.1. The summed E-state index contributed by atoms with van der Waals surface area (Å²) in [4.78, 5) is 10.1. The molecule has 0 aromatic heterocycles. The van der Waals surface area contributed by atoms with Crippen molar-refractivity contribution < 1.29 is 14.3 Å². The number of carbonyl (C=O) groups is 1. The zero-order valence-electron chi connectivity index (χ0n) is 7.12. The zero-order valence-corrected chi connectivity index (χ0v) is 7.12. The average molecular weight is 180 g/mol. The minimum absolute atomic E-state index is 0.303. The van der Waals surface area contributed by atoms with Crippen LogP contribution in [-0.2, 0) is 4.79 Å². The minimum atomic E-state index is -0.369. The first kappa shape index (κ1) is 9.45. The standard InChI is InChI=1S/C10H9FO2/c1-7-4-8(2-3-10(7)11)5-9(13)6-12/h2-6,13H,1H3/b9-5+. The minimum Gasteiger partial charge on any atom is -0.505 e. The largest absolute Gasteiger partial charge is 0.505 e. The number of allylic oxidation sites excluding steroid dienone is 1. The molecule has 13 heavy (non-hydrogen) atoms. The molecule has 0 radical (unpaired) electrons. The number of aliphatic hydroxyl groups is 1. The van der Waals surface area contributed by atoms with Crippen LogP contribution in [-0.4, -0.2) is 11.4 Å². The monoisotopic (exact) mass is 180 g/mol. The molecule has 3 heteroatoms. The summed E-state index contributed by atoms with van der Waals surface area (Å²) in [6.45, 7) is 1.62. The summed E-state index contributed by atoms with van der Waals surface area (Å²) in [6, 6.07) is 4.33. The van der Waals surface area contributed by atoms with Crippen LogP contribution in [0, 0.1) is 12.7 Å². The zero-order chi connectivity index (χ0) is 9.84. The van der Waals surface area contributed by atoms with Crippen LogP contribution in [0.4, 0.5) is 4.39 Å². The van der Waals surface area contributed by atoms with E-state index in [0.29, 0.717) is 17.4 Å². The molecule has 1 rings (SSSR count). The third-order valence-electron chi connectivity index (χ3n) is 1.62. The number of hydrogen-bond acceptors (Lipinski definition) is 2. The van der Waals surface area contributed by atoms with Crippen molar-refractivity contribution in [1.82, 2.24) is 0 Å². The molecule has 0 aliphatic rings. The van der Waals surface area contributed by atoms with Crippen LogP contribution in [0.1, 0.15) is 11.1 Å². The molecule has 0 heterocycles. The molecule has 0 spiro atoms. The van der Waals surface area contributed by atoms with Gasteiger partial charge in [0.05, 0.1) is 0 Å². The second kappa shape index (κ2) is 3.85. The number of benzene rings is 1. The van der Waals surface area contributed by atoms with Gasteiger partial charge in [-0.15, -0.1) is 0 Å². The number of halogens is 1. The van der Waals surface area contributed by atoms with Gasteiger partial charge in [0, 0.05) is 0 Å². The molecule has 2 nitrogen and oxygen atoms in total. The highest BCUT2D eigenvalue weighted by Crippen LogP contribution is 2.11. The molecule has 0 unspecified atom stereocenters. The predicted molar refractivity (Wildman–Crippen MR) is 47.8 cm³/mol. The van der Waals surface area contributed by atoms with Gasteiger partial charge in [0.1, 0.15) is 5.82 Å². The van der Waals surface area contributed by atoms with Gasteiger partial charge in [0.2, 0.25) is 0 Å². The second-order valence-electron chi connectivity index (χ2n) is 2.70. The molecule has 0 atom stereocenters. The maximum atomic E-state index is 12.8. The highest BCUT2D eigenvalue weighted by molar-refractivity contribution is 5.78. The Morgan fingerprint density at radius 2 is 2.23 bits per heavy atom. The third kappa shape index (κ3) is 2.40. The Morgan fingerprint density at radius 3 is 2.77 bits per heavy atom. The predicted octanol–water partition coefficient (Wildman–Crippen LogP) is 2.23. The van der Waals surface area contributed by atoms with Crippen molar-refractivity contribution in [2.45, 2.75) is 6.92 Å². The van der Waals surface area contributed by atoms with Crippen molar-refractivity contribution in [2.75, 3.05) is 0 Å². The molecule has 0 aliphatic carbocycles. The van der Waals surface area contributed by atoms with E-state index in [4.69, 9.17) is 5.11 Å². The highest BCUT2D eigenvalue weighted by Gasteiger charge is 1.97. The van der Waals surface area contributed by atoms with Gasteiger partial charge in [0.15, 0.2) is 12.0 Å². The van der Waals surface area contributed by atoms with Gasteiger partial charge < -0.3 is 5.11 Å². The van der Waals surface area contributed by atoms with Crippen LogP contribution in [0.2, 0.25) is 0 Å². The molecular weight excluding hydrogens is 171 g/mol. The molecule has 0 fully saturated rings. The van der Waals surface area contributed by atoms with Gasteiger partial charge in [-0.05, 0) is 36.3 Å². The molecule has 0 aliphatic heterocycles. The van der Waals surface area contributed by atoms with Crippen LogP contribution in [0.5, 0.6) is 0 Å². The van der Waals surface area contributed by atoms with Crippen LogP contribution in [0.25, 0.3) is 6.08 Å². The molecule has 0 amide bonds. The average Bonchev–Trinajstić information content (AvgIpc) is 2.11. The fourth-order valence-corrected chi connectivity index (χ4v) is 0.962. The van der Waals surface area contributed by atoms with Crippen LogP contribution in [0.15, 0.2) is 24.0 Å². The normalized spacial score (nSPS) is 11.4. The molecule has 0 saturated carbocycles. The lowest BCUT2D eigenvalue weighted by Crippen LogP contribution is -1.85. The SMILES string of the molecule is Cc1cc(/C=C(/O)C=O)ccc1F. The lowest BCUT2D eigenvalue weighted by molar-refractivity contribution is -0.106. The molecule has 0 saturated heterocycles. The van der Waals surface area contributed by atoms with E-state index in [1.54, 1.807) is 13.0 Å². The van der Waals surface area contributed by atoms with E-state index in [0.717, 1.165) is 0 Å². The first-order valence-corrected chi connectivity index (χ1v) is 3.75. The van der Waals surface area contributed by atoms with E-state index in [1.165, 1.54) is 18.2 Å². The molecule has 0 bridgehead atoms. The Morgan fingerprint density at radius 1 is 1.54 bits per heavy atom. The Kier molecular flexibility index (Phi) is 2.80. The Hall–Kier alpha value is -1.64. The van der Waals surface area contributed by atoms with Crippen LogP contribution < -0.4 is 0 Å². The number of rotatable bonds is 2. The number of hydrogen-bond donors (Lipinski definition) is 1. The first-order chi connectivity index (χ1) is 6.13. The molecular formula is C10H9FO2. The van der Waals surface area contributed by atoms with Gasteiger partial charge in [-0.25, -0.2) is 4.39 Å². The van der Waals surface area contributed by atoms with Crippen molar-refractivity contribution in [3.63, 3.8) is 0 Å². The Labute approximate surface area is 75.3 Å². The van der Waals surface area contributed by atoms with Crippen molar-refractivity contribution in [3.8, 4) is 0 Å². The maximum Gasteiger partial charge on any atom is 0.184 e. The van der Waals surface area contributed by atoms with Gasteiger partial charge in [-0.3, -0.25) is 4.79 Å². The summed E-state index contributed by atoms with van der Waals surface area (Å²) in [5.41, 5.74) is 1.08. The van der Waals surface area contributed by atoms with Gasteiger partial charge in [-0.1, -0.05) is 6.07 Å². The van der Waals surface area contributed by atoms with E-state index in [9.17, 15) is 9.18 Å². The van der Waals surface area contributed by atoms with Crippen molar-refractivity contribution in [3.05, 3.63) is 40.9 Å². The summed E-state index contributed by atoms with van der Waals surface area (Å²) in [7, 11) is 0. The fraction of sp³-hybridized carbons (Fsp3) is 0.100. The highest BCUT2D eigenvalue weighted by atomic mass is 19.1. The number of aldehydes is 1. The second-order valence-corrected chi connectivity index (χ2v) is 2.70. The van der Waals surface area contributed by atoms with Crippen molar-refractivity contribution in [2.24, 2.45) is 0 Å². The van der Waals surface area contributed by atoms with Crippen LogP contribution >= 0.6 is 0 Å². The van der Waals surface area contributed by atoms with Crippen molar-refractivity contribution >= 4 is 12.4 Å². The number of aryl methyl sites for hydroxylation is 1. The Balaban J connectivity index is 3.04. The Bertz CT molecular complexity index is 356. The molecule has 1 N–H and O–H groups in total. The van der Waals surface area contributed by atoms with E-state index in [1.807, 2.05) is 0 Å². The van der Waals surface area contributed by atoms with Crippen LogP contribution in [0.3, 0.4) is 0 Å². The van der Waals surface area contributed by atoms with Gasteiger partial charge in [-0.2, -0.15) is 0 Å². The fourth-order valence-electron chi connectivity index (χ4n) is 0.962. The van der Waals surface area contributed by atoms with Gasteiger partial charge >= 0.3 is 0 Å². The number of aliphatic hydroxyl groups excluding tert-OH is 1. The van der Waals surface area contributed by atoms with E-state index < -0.39 is 0 Å². The molecule has 1 aromatic rings. The number of carbonyl (C=O) groups excluding carboxylic acids is 1. The smallest absolute Gasteiger partial charge is 0.184 e. The first-order valence-electron chi connectivity index (χ1n) is 3.75. The van der Waals surface area contributed by atoms with Crippen molar-refractivity contribution in [1.29, 1.82) is 0 Å². The summed E-state index contributed by atoms with van der Waals surface area (Å²) < 4.78 is 12.8. The summed E-state index contributed by atoms with van der Waals surface area (Å²) >= 11 is 0. The third-order valence-corrected chi connectivity index (χ3v) is 1.62. The summed E-state index contributed by atoms with van der Waals surface area (Å²) in [5, 5.41) is 8.87. The summed E-state index contributed by atoms with van der Waals surface area (Å²) in [6.07, 6.45) is 1.61. The topological polar surface area (TPSA) is 37.3 Å². The maximum absolute atomic E-state index is 12.8. The van der Waals surface area contributed by atoms with E-state index in [2.05, 4.69) is 0 Å². The van der Waals surface area contributed by atoms with E-state index >= 15 is 0 Å². The van der Waals surface area contributed by atoms with Gasteiger partial charge in [0.25, 0.3) is 0 Å². The molecule has 1 aromatic carbocycles. The molecule has 68 valence electrons. The summed E-state index contributed by atoms with van der Waals surface area (Å²) in [5.74, 6) is -0.672. The lowest BCUT2D eigenvalue weighted by Gasteiger charge is -1.97.